The Morgan fingerprint density at radius 2 is 1.64 bits per heavy atom. The molecular formula is C15H15ClN2O3S. The standard InChI is InChI=1S/C15H15ClN2O3S/c1-17-15(19)14(11-5-3-2-4-6-11)18-22(20,21)13-9-7-12(16)8-10-13/h2-10,14,18H,1H3,(H,17,19)/t14-/m0/s1. The van der Waals surface area contributed by atoms with Crippen LogP contribution in [-0.2, 0) is 14.8 Å². The minimum atomic E-state index is -3.85. The molecule has 0 saturated carbocycles. The Kier molecular flexibility index (Phi) is 5.18. The maximum absolute atomic E-state index is 12.4. The Morgan fingerprint density at radius 1 is 1.05 bits per heavy atom. The molecule has 1 amide bonds. The van der Waals surface area contributed by atoms with E-state index >= 15 is 0 Å². The SMILES string of the molecule is CNC(=O)[C@@H](NS(=O)(=O)c1ccc(Cl)cc1)c1ccccc1. The molecule has 116 valence electrons. The van der Waals surface area contributed by atoms with Crippen molar-refractivity contribution in [1.29, 1.82) is 0 Å². The lowest BCUT2D eigenvalue weighted by atomic mass is 10.1. The van der Waals surface area contributed by atoms with E-state index in [0.29, 0.717) is 10.6 Å². The van der Waals surface area contributed by atoms with Gasteiger partial charge < -0.3 is 5.32 Å². The third-order valence-electron chi connectivity index (χ3n) is 3.04. The molecule has 7 heteroatoms. The fourth-order valence-electron chi connectivity index (χ4n) is 1.90. The number of halogens is 1. The van der Waals surface area contributed by atoms with Crippen molar-refractivity contribution < 1.29 is 13.2 Å². The summed E-state index contributed by atoms with van der Waals surface area (Å²) >= 11 is 5.76. The highest BCUT2D eigenvalue weighted by Crippen LogP contribution is 2.19. The molecule has 0 aliphatic rings. The second-order valence-corrected chi connectivity index (χ2v) is 6.68. The second kappa shape index (κ2) is 6.91. The summed E-state index contributed by atoms with van der Waals surface area (Å²) < 4.78 is 27.2. The minimum absolute atomic E-state index is 0.0433. The Bertz CT molecular complexity index is 746. The number of nitrogens with one attached hydrogen (secondary N) is 2. The van der Waals surface area contributed by atoms with Crippen molar-refractivity contribution in [3.05, 3.63) is 65.2 Å². The Balaban J connectivity index is 2.34. The molecule has 0 fully saturated rings. The van der Waals surface area contributed by atoms with Gasteiger partial charge in [-0.1, -0.05) is 41.9 Å². The summed E-state index contributed by atoms with van der Waals surface area (Å²) in [5, 5.41) is 2.89. The van der Waals surface area contributed by atoms with Crippen molar-refractivity contribution in [2.75, 3.05) is 7.05 Å². The lowest BCUT2D eigenvalue weighted by molar-refractivity contribution is -0.122. The number of carbonyl (C=O) groups excluding carboxylic acids is 1. The highest BCUT2D eigenvalue weighted by Gasteiger charge is 2.26. The molecule has 0 spiro atoms. The maximum atomic E-state index is 12.4. The second-order valence-electron chi connectivity index (χ2n) is 4.53. The molecule has 1 atom stereocenters. The van der Waals surface area contributed by atoms with Gasteiger partial charge in [0.1, 0.15) is 6.04 Å². The molecule has 2 N–H and O–H groups in total. The number of hydrogen-bond acceptors (Lipinski definition) is 3. The third-order valence-corrected chi connectivity index (χ3v) is 4.73. The summed E-state index contributed by atoms with van der Waals surface area (Å²) in [5.41, 5.74) is 0.555. The number of carbonyl (C=O) groups is 1. The van der Waals surface area contributed by atoms with Crippen LogP contribution < -0.4 is 10.0 Å². The van der Waals surface area contributed by atoms with Crippen molar-refractivity contribution in [3.8, 4) is 0 Å². The first kappa shape index (κ1) is 16.5. The molecule has 0 heterocycles. The number of likely N-dealkylation sites (N-methyl/N-ethyl adjacent to an activating group) is 1. The highest BCUT2D eigenvalue weighted by molar-refractivity contribution is 7.89. The fraction of sp³-hybridized carbons (Fsp3) is 0.133. The molecule has 22 heavy (non-hydrogen) atoms. The van der Waals surface area contributed by atoms with E-state index in [1.807, 2.05) is 0 Å². The fourth-order valence-corrected chi connectivity index (χ4v) is 3.21. The van der Waals surface area contributed by atoms with E-state index in [2.05, 4.69) is 10.0 Å². The Hall–Kier alpha value is -1.89. The average molecular weight is 339 g/mol. The van der Waals surface area contributed by atoms with Crippen LogP contribution in [0.1, 0.15) is 11.6 Å². The molecule has 2 aromatic carbocycles. The van der Waals surface area contributed by atoms with E-state index < -0.39 is 22.0 Å². The molecule has 2 aromatic rings. The number of sulfonamides is 1. The molecule has 2 rings (SSSR count). The summed E-state index contributed by atoms with van der Waals surface area (Å²) in [7, 11) is -2.40. The van der Waals surface area contributed by atoms with Gasteiger partial charge in [0.25, 0.3) is 0 Å². The van der Waals surface area contributed by atoms with Crippen LogP contribution in [0, 0.1) is 0 Å². The van der Waals surface area contributed by atoms with Gasteiger partial charge in [-0.2, -0.15) is 4.72 Å². The Morgan fingerprint density at radius 3 is 2.18 bits per heavy atom. The monoisotopic (exact) mass is 338 g/mol. The van der Waals surface area contributed by atoms with Crippen LogP contribution in [0.5, 0.6) is 0 Å². The number of benzene rings is 2. The maximum Gasteiger partial charge on any atom is 0.242 e. The summed E-state index contributed by atoms with van der Waals surface area (Å²) in [6, 6.07) is 13.4. The zero-order valence-corrected chi connectivity index (χ0v) is 13.4. The summed E-state index contributed by atoms with van der Waals surface area (Å²) in [5.74, 6) is -0.441. The van der Waals surface area contributed by atoms with Gasteiger partial charge in [0.15, 0.2) is 0 Å². The predicted octanol–water partition coefficient (Wildman–Crippen LogP) is 2.11. The number of rotatable bonds is 5. The van der Waals surface area contributed by atoms with Crippen molar-refractivity contribution in [2.45, 2.75) is 10.9 Å². The minimum Gasteiger partial charge on any atom is -0.357 e. The normalized spacial score (nSPS) is 12.6. The van der Waals surface area contributed by atoms with Crippen LogP contribution in [0.15, 0.2) is 59.5 Å². The average Bonchev–Trinajstić information content (AvgIpc) is 2.53. The lowest BCUT2D eigenvalue weighted by Crippen LogP contribution is -2.39. The van der Waals surface area contributed by atoms with Crippen LogP contribution in [0.2, 0.25) is 5.02 Å². The van der Waals surface area contributed by atoms with Crippen molar-refractivity contribution in [3.63, 3.8) is 0 Å². The van der Waals surface area contributed by atoms with Gasteiger partial charge >= 0.3 is 0 Å². The zero-order valence-electron chi connectivity index (χ0n) is 11.8. The van der Waals surface area contributed by atoms with Gasteiger partial charge in [0.2, 0.25) is 15.9 Å². The molecule has 0 saturated heterocycles. The van der Waals surface area contributed by atoms with E-state index in [1.165, 1.54) is 31.3 Å². The molecule has 0 radical (unpaired) electrons. The smallest absolute Gasteiger partial charge is 0.242 e. The van der Waals surface area contributed by atoms with Crippen LogP contribution in [0.3, 0.4) is 0 Å². The van der Waals surface area contributed by atoms with Gasteiger partial charge in [-0.3, -0.25) is 4.79 Å². The quantitative estimate of drug-likeness (QED) is 0.876. The zero-order chi connectivity index (χ0) is 16.2. The summed E-state index contributed by atoms with van der Waals surface area (Å²) in [6.45, 7) is 0. The van der Waals surface area contributed by atoms with E-state index in [4.69, 9.17) is 11.6 Å². The van der Waals surface area contributed by atoms with E-state index in [-0.39, 0.29) is 4.90 Å². The lowest BCUT2D eigenvalue weighted by Gasteiger charge is -2.17. The van der Waals surface area contributed by atoms with E-state index in [0.717, 1.165) is 0 Å². The Labute approximate surface area is 134 Å². The predicted molar refractivity (Wildman–Crippen MR) is 85.0 cm³/mol. The molecular weight excluding hydrogens is 324 g/mol. The molecule has 0 aliphatic carbocycles. The van der Waals surface area contributed by atoms with Crippen LogP contribution in [0.25, 0.3) is 0 Å². The summed E-state index contributed by atoms with van der Waals surface area (Å²) in [4.78, 5) is 12.1. The van der Waals surface area contributed by atoms with Crippen molar-refractivity contribution in [2.24, 2.45) is 0 Å². The van der Waals surface area contributed by atoms with Gasteiger partial charge in [-0.05, 0) is 29.8 Å². The van der Waals surface area contributed by atoms with Crippen LogP contribution >= 0.6 is 11.6 Å². The summed E-state index contributed by atoms with van der Waals surface area (Å²) in [6.07, 6.45) is 0. The molecule has 0 bridgehead atoms. The topological polar surface area (TPSA) is 75.3 Å². The third kappa shape index (κ3) is 3.85. The van der Waals surface area contributed by atoms with E-state index in [9.17, 15) is 13.2 Å². The van der Waals surface area contributed by atoms with Gasteiger partial charge in [-0.15, -0.1) is 0 Å². The molecule has 0 aromatic heterocycles. The first-order chi connectivity index (χ1) is 10.4. The molecule has 5 nitrogen and oxygen atoms in total. The molecule has 0 unspecified atom stereocenters. The van der Waals surface area contributed by atoms with Gasteiger partial charge in [-0.25, -0.2) is 8.42 Å². The molecule has 0 aliphatic heterocycles. The van der Waals surface area contributed by atoms with E-state index in [1.54, 1.807) is 30.3 Å². The van der Waals surface area contributed by atoms with Crippen LogP contribution in [-0.4, -0.2) is 21.4 Å². The number of amides is 1. The largest absolute Gasteiger partial charge is 0.357 e. The van der Waals surface area contributed by atoms with Crippen LogP contribution in [0.4, 0.5) is 0 Å². The van der Waals surface area contributed by atoms with Gasteiger partial charge in [0.05, 0.1) is 4.90 Å². The van der Waals surface area contributed by atoms with Crippen molar-refractivity contribution in [1.82, 2.24) is 10.0 Å². The first-order valence-electron chi connectivity index (χ1n) is 6.48. The first-order valence-corrected chi connectivity index (χ1v) is 8.34. The van der Waals surface area contributed by atoms with Crippen molar-refractivity contribution >= 4 is 27.5 Å². The highest BCUT2D eigenvalue weighted by atomic mass is 35.5. The van der Waals surface area contributed by atoms with Gasteiger partial charge in [0, 0.05) is 12.1 Å². The number of hydrogen-bond donors (Lipinski definition) is 2.